The summed E-state index contributed by atoms with van der Waals surface area (Å²) in [7, 11) is -8.39. The number of benzene rings is 3. The number of hydrogen-bond acceptors (Lipinski definition) is 16. The summed E-state index contributed by atoms with van der Waals surface area (Å²) in [5.74, 6) is -1.76. The minimum absolute atomic E-state index is 0.0407. The average molecular weight is 1360 g/mol. The Morgan fingerprint density at radius 1 is 0.659 bits per heavy atom. The minimum Gasteiger partial charge on any atom is -0.505 e. The molecule has 2 aliphatic rings. The van der Waals surface area contributed by atoms with E-state index in [1.54, 1.807) is 34.2 Å². The number of pyridine rings is 2. The molecule has 0 unspecified atom stereocenters. The number of aromatic nitrogens is 8. The number of nitrogens with zero attached hydrogens (tertiary/aromatic N) is 8. The molecule has 0 spiro atoms. The van der Waals surface area contributed by atoms with E-state index >= 15 is 0 Å². The number of alkyl halides is 4. The van der Waals surface area contributed by atoms with Gasteiger partial charge in [0.05, 0.1) is 43.9 Å². The van der Waals surface area contributed by atoms with Gasteiger partial charge in [0.1, 0.15) is 16.4 Å². The van der Waals surface area contributed by atoms with E-state index in [2.05, 4.69) is 39.3 Å². The Kier molecular flexibility index (Phi) is 21.6. The first kappa shape index (κ1) is 65.5. The zero-order chi connectivity index (χ0) is 62.2. The molecular formula is C47H34BCl7F4N12O12S2. The molecule has 2 aliphatic carbocycles. The molecule has 2 fully saturated rings. The van der Waals surface area contributed by atoms with Crippen molar-refractivity contribution in [2.24, 2.45) is 0 Å². The molecule has 9 rings (SSSR count). The molecule has 2 saturated carbocycles. The van der Waals surface area contributed by atoms with Gasteiger partial charge in [0, 0.05) is 49.9 Å². The number of halogens is 11. The van der Waals surface area contributed by atoms with Crippen molar-refractivity contribution in [3.8, 4) is 46.1 Å². The number of hydrogen-bond donors (Lipinski definition) is 5. The minimum atomic E-state index is -4.21. The van der Waals surface area contributed by atoms with Crippen LogP contribution >= 0.6 is 80.8 Å². The van der Waals surface area contributed by atoms with Crippen molar-refractivity contribution < 1.29 is 53.7 Å². The number of H-pyrrole nitrogens is 2. The second kappa shape index (κ2) is 28.0. The maximum atomic E-state index is 13.4. The van der Waals surface area contributed by atoms with E-state index in [0.717, 1.165) is 54.4 Å². The molecule has 3 aromatic carbocycles. The molecule has 7 aromatic rings. The lowest BCUT2D eigenvalue weighted by molar-refractivity contribution is 0.141. The Labute approximate surface area is 511 Å². The van der Waals surface area contributed by atoms with Crippen LogP contribution in [0.1, 0.15) is 55.5 Å². The molecule has 38 heteroatoms. The van der Waals surface area contributed by atoms with Crippen LogP contribution in [-0.2, 0) is 26.7 Å². The van der Waals surface area contributed by atoms with Gasteiger partial charge in [0.15, 0.2) is 34.4 Å². The van der Waals surface area contributed by atoms with Crippen molar-refractivity contribution in [1.29, 1.82) is 0 Å². The van der Waals surface area contributed by atoms with Gasteiger partial charge < -0.3 is 29.0 Å². The normalized spacial score (nSPS) is 16.3. The van der Waals surface area contributed by atoms with Crippen LogP contribution in [0.5, 0.6) is 34.8 Å². The molecule has 85 heavy (non-hydrogen) atoms. The maximum absolute atomic E-state index is 13.4. The van der Waals surface area contributed by atoms with Crippen molar-refractivity contribution in [3.05, 3.63) is 181 Å². The molecule has 0 bridgehead atoms. The highest BCUT2D eigenvalue weighted by Gasteiger charge is 2.39. The van der Waals surface area contributed by atoms with E-state index in [1.165, 1.54) is 0 Å². The molecule has 24 nitrogen and oxygen atoms in total. The number of nitrogens with one attached hydrogen (secondary N) is 4. The number of aromatic hydroxyl groups is 1. The van der Waals surface area contributed by atoms with Gasteiger partial charge in [-0.05, 0) is 29.8 Å². The lowest BCUT2D eigenvalue weighted by Gasteiger charge is -2.27. The van der Waals surface area contributed by atoms with Crippen LogP contribution in [0.4, 0.5) is 17.6 Å². The first-order valence-electron chi connectivity index (χ1n) is 23.5. The number of ether oxygens (including phenoxy) is 3. The smallest absolute Gasteiger partial charge is 0.450 e. The fourth-order valence-corrected chi connectivity index (χ4v) is 11.4. The summed E-state index contributed by atoms with van der Waals surface area (Å²) in [4.78, 5) is 64.0. The van der Waals surface area contributed by atoms with Crippen molar-refractivity contribution in [3.63, 3.8) is 0 Å². The van der Waals surface area contributed by atoms with Crippen molar-refractivity contribution in [1.82, 2.24) is 48.9 Å². The topological polar surface area (TPSA) is 310 Å². The molecule has 446 valence electrons. The van der Waals surface area contributed by atoms with Crippen molar-refractivity contribution in [2.75, 3.05) is 0 Å². The van der Waals surface area contributed by atoms with Crippen LogP contribution in [0.15, 0.2) is 108 Å². The number of rotatable bonds is 17. The predicted molar refractivity (Wildman–Crippen MR) is 303 cm³/mol. The first-order valence-corrected chi connectivity index (χ1v) is 29.3. The molecule has 0 radical (unpaired) electrons. The zero-order valence-corrected chi connectivity index (χ0v) is 49.0. The summed E-state index contributed by atoms with van der Waals surface area (Å²) in [6, 6.07) is 14.0. The largest absolute Gasteiger partial charge is 0.505 e. The van der Waals surface area contributed by atoms with Crippen LogP contribution in [0, 0.1) is 13.1 Å². The quantitative estimate of drug-likeness (QED) is 0.0322. The zero-order valence-electron chi connectivity index (χ0n) is 42.1. The highest BCUT2D eigenvalue weighted by atomic mass is 35.6. The fourth-order valence-electron chi connectivity index (χ4n) is 7.55. The van der Waals surface area contributed by atoms with E-state index in [-0.39, 0.29) is 84.1 Å². The molecule has 5 N–H and O–H groups in total. The monoisotopic (exact) mass is 1350 g/mol. The van der Waals surface area contributed by atoms with Crippen LogP contribution in [-0.4, -0.2) is 90.6 Å². The molecule has 0 amide bonds. The van der Waals surface area contributed by atoms with Gasteiger partial charge in [0.25, 0.3) is 24.0 Å². The molecule has 0 atom stereocenters. The molecular weight excluding hydrogens is 1320 g/mol. The predicted octanol–water partition coefficient (Wildman–Crippen LogP) is 9.13. The number of sulfonamides is 2. The molecule has 0 saturated heterocycles. The first-order chi connectivity index (χ1) is 40.1. The SMILES string of the molecule is ClB(Cl)Cl.[C-]#[N+]C1CC(NS(=O)(=O)c2cc(Oc3c(Cl)cc(-n4nc(C(F)F)c(=O)[nH]c4=O)cc3Cl)ncc2O)C1.[C-]#[N+]C1CC(NS(=O)(=O)c2cc(Oc3c(Cl)cc(-n4nc(C(F)F)c(=O)[nH]c4=O)cc3Cl)ncc2OCc2ccccc2)C1. The third-order valence-corrected chi connectivity index (χ3v) is 15.9. The van der Waals surface area contributed by atoms with Gasteiger partial charge in [-0.3, -0.25) is 19.6 Å². The third kappa shape index (κ3) is 16.5. The lowest BCUT2D eigenvalue weighted by atomic mass is 9.88. The van der Waals surface area contributed by atoms with Gasteiger partial charge in [-0.1, -0.05) is 76.7 Å². The second-order valence-corrected chi connectivity index (χ2v) is 24.5. The van der Waals surface area contributed by atoms with E-state index in [1.807, 2.05) is 6.07 Å². The van der Waals surface area contributed by atoms with Gasteiger partial charge >= 0.3 is 16.3 Å². The Bertz CT molecular complexity index is 4180. The van der Waals surface area contributed by atoms with Crippen LogP contribution in [0.3, 0.4) is 0 Å². The van der Waals surface area contributed by atoms with Crippen LogP contribution < -0.4 is 46.2 Å². The van der Waals surface area contributed by atoms with Gasteiger partial charge in [-0.25, -0.2) is 76.5 Å². The Morgan fingerprint density at radius 3 is 1.45 bits per heavy atom. The summed E-state index contributed by atoms with van der Waals surface area (Å²) >= 11 is 39.5. The van der Waals surface area contributed by atoms with Gasteiger partial charge in [-0.2, -0.15) is 53.9 Å². The van der Waals surface area contributed by atoms with E-state index in [4.69, 9.17) is 108 Å². The Hall–Kier alpha value is -7.01. The third-order valence-electron chi connectivity index (χ3n) is 11.7. The summed E-state index contributed by atoms with van der Waals surface area (Å²) in [6.45, 7) is 14.1. The summed E-state index contributed by atoms with van der Waals surface area (Å²) in [5.41, 5.74) is -6.91. The molecule has 0 aliphatic heterocycles. The van der Waals surface area contributed by atoms with Gasteiger partial charge in [-0.15, -0.1) is 0 Å². The van der Waals surface area contributed by atoms with Crippen molar-refractivity contribution in [2.45, 2.75) is 79.1 Å². The maximum Gasteiger partial charge on any atom is 0.450 e. The second-order valence-electron chi connectivity index (χ2n) is 17.5. The highest BCUT2D eigenvalue weighted by molar-refractivity contribution is 7.90. The fraction of sp³-hybridized carbons (Fsp3) is 0.234. The Balaban J connectivity index is 0.000000232. The van der Waals surface area contributed by atoms with Crippen LogP contribution in [0.2, 0.25) is 20.1 Å². The summed E-state index contributed by atoms with van der Waals surface area (Å²) in [6.07, 6.45) is -3.14. The van der Waals surface area contributed by atoms with E-state index in [0.29, 0.717) is 35.0 Å². The van der Waals surface area contributed by atoms with Gasteiger partial charge in [0.2, 0.25) is 43.9 Å². The lowest BCUT2D eigenvalue weighted by Crippen LogP contribution is -2.45. The molecule has 4 aromatic heterocycles. The van der Waals surface area contributed by atoms with E-state index < -0.39 is 94.5 Å². The average Bonchev–Trinajstić information content (AvgIpc) is 1.86. The van der Waals surface area contributed by atoms with Crippen molar-refractivity contribution >= 4 is 106 Å². The van der Waals surface area contributed by atoms with E-state index in [9.17, 15) is 58.7 Å². The standard InChI is InChI=1S/C27H20Cl2F2N6O6S.C20H14Cl2F2N6O6S.BCl3/c1-32-15-7-16(8-15)36-44(40,41)21-11-22(33-12-20(21)42-13-14-5-3-2-4-6-14)43-24-18(28)9-17(10-19(24)29)37-27(39)34-26(38)23(35-37)25(30)31;1-25-8-2-9(3-8)29-37(34,35)14-6-15(26-7-13(14)31)36-17-11(21)4-10(5-12(17)22)30-20(33)27-19(32)16(28-30)18(23)24;2-1(3)4/h2-6,9-12,15-16,25,36H,7-8,13H2,(H,34,38,39);4-9,18,29,31H,2-3H2,(H,27,32,33);. The Morgan fingerprint density at radius 2 is 1.05 bits per heavy atom. The number of aromatic amines is 2. The summed E-state index contributed by atoms with van der Waals surface area (Å²) in [5, 5.41) is 15.9. The highest BCUT2D eigenvalue weighted by Crippen LogP contribution is 2.41. The van der Waals surface area contributed by atoms with Crippen LogP contribution in [0.25, 0.3) is 21.1 Å². The molecule has 4 heterocycles. The summed E-state index contributed by atoms with van der Waals surface area (Å²) < 4.78 is 128.